The zero-order chi connectivity index (χ0) is 35.5. The van der Waals surface area contributed by atoms with Crippen LogP contribution < -0.4 is 19.8 Å². The zero-order valence-electron chi connectivity index (χ0n) is 26.2. The van der Waals surface area contributed by atoms with E-state index in [0.29, 0.717) is 22.1 Å². The minimum Gasteiger partial charge on any atom is -0.755 e. The number of anilines is 4. The van der Waals surface area contributed by atoms with Gasteiger partial charge in [0.05, 0.1) is 28.2 Å². The van der Waals surface area contributed by atoms with Gasteiger partial charge in [0.2, 0.25) is 11.8 Å². The fourth-order valence-corrected chi connectivity index (χ4v) is 5.08. The summed E-state index contributed by atoms with van der Waals surface area (Å²) in [6.45, 7) is 5.35. The molecule has 17 heteroatoms. The molecule has 2 heterocycles. The fourth-order valence-electron chi connectivity index (χ4n) is 4.49. The van der Waals surface area contributed by atoms with Gasteiger partial charge in [-0.05, 0) is 42.0 Å². The molecule has 2 atom stereocenters. The van der Waals surface area contributed by atoms with Crippen LogP contribution in [0.3, 0.4) is 0 Å². The van der Waals surface area contributed by atoms with Crippen molar-refractivity contribution in [2.75, 3.05) is 28.1 Å². The van der Waals surface area contributed by atoms with Gasteiger partial charge in [-0.1, -0.05) is 26.8 Å². The van der Waals surface area contributed by atoms with Crippen molar-refractivity contribution in [1.29, 1.82) is 0 Å². The molecule has 1 aliphatic heterocycles. The number of aromatic nitrogens is 1. The molecule has 14 nitrogen and oxygen atoms in total. The first kappa shape index (κ1) is 35.6. The lowest BCUT2D eigenvalue weighted by molar-refractivity contribution is -0.139. The maximum absolute atomic E-state index is 15.3. The quantitative estimate of drug-likeness (QED) is 0.268. The van der Waals surface area contributed by atoms with Crippen molar-refractivity contribution >= 4 is 63.9 Å². The molecule has 3 aromatic rings. The number of amides is 5. The Hall–Kier alpha value is -5.29. The van der Waals surface area contributed by atoms with Crippen molar-refractivity contribution in [2.45, 2.75) is 39.7 Å². The first-order valence-electron chi connectivity index (χ1n) is 14.3. The van der Waals surface area contributed by atoms with Gasteiger partial charge in [-0.3, -0.25) is 22.9 Å². The number of nitrogens with one attached hydrogen (secondary N) is 2. The number of nitrogens with zero attached hydrogens (tertiary/aromatic N) is 4. The highest BCUT2D eigenvalue weighted by atomic mass is 32.2. The van der Waals surface area contributed by atoms with Gasteiger partial charge in [-0.2, -0.15) is 0 Å². The third kappa shape index (κ3) is 7.98. The van der Waals surface area contributed by atoms with Gasteiger partial charge in [0.1, 0.15) is 23.5 Å². The monoisotopic (exact) mass is 685 g/mol. The smallest absolute Gasteiger partial charge is 0.332 e. The summed E-state index contributed by atoms with van der Waals surface area (Å²) < 4.78 is 55.1. The molecule has 5 amide bonds. The molecule has 1 aromatic heterocycles. The highest BCUT2D eigenvalue weighted by molar-refractivity contribution is 7.81. The van der Waals surface area contributed by atoms with E-state index in [9.17, 15) is 37.8 Å². The molecule has 0 aliphatic carbocycles. The summed E-state index contributed by atoms with van der Waals surface area (Å²) in [6, 6.07) is 6.69. The maximum atomic E-state index is 15.3. The summed E-state index contributed by atoms with van der Waals surface area (Å²) >= 11 is -3.16. The lowest BCUT2D eigenvalue weighted by Gasteiger charge is -2.30. The summed E-state index contributed by atoms with van der Waals surface area (Å²) in [4.78, 5) is 68.1. The Kier molecular flexibility index (Phi) is 10.5. The number of benzene rings is 2. The Balaban J connectivity index is 1.51. The molecular weight excluding hydrogens is 654 g/mol. The molecule has 0 saturated carbocycles. The van der Waals surface area contributed by atoms with Crippen molar-refractivity contribution in [3.05, 3.63) is 77.5 Å². The second kappa shape index (κ2) is 14.2. The molecule has 1 saturated heterocycles. The standard InChI is InChI=1S/C31H32F2N6O8S/c1-31(2,3)29(44)35-18-6-8-19(9-7-18)39(48(46)47)24-15-21(32)20(14-22(24)33)27(41)36-23(28(42)43)13-17-5-10-25(34-16-17)38-26(40)11-12-37(4)30(38)45/h5-10,14-16,23H,11-13H2,1-4H3,(H,35,44)(H,36,41)(H,42,43)(H,46,47)/p-1/t23-/m0/s1. The second-order valence-electron chi connectivity index (χ2n) is 11.8. The van der Waals surface area contributed by atoms with Crippen LogP contribution in [0.4, 0.5) is 36.5 Å². The topological polar surface area (TPSA) is 192 Å². The Bertz CT molecular complexity index is 1780. The molecule has 48 heavy (non-hydrogen) atoms. The highest BCUT2D eigenvalue weighted by Gasteiger charge is 2.32. The Morgan fingerprint density at radius 1 is 1.08 bits per heavy atom. The number of hydrogen-bond donors (Lipinski definition) is 3. The number of carboxylic acids is 1. The van der Waals surface area contributed by atoms with Gasteiger partial charge in [-0.25, -0.2) is 28.3 Å². The van der Waals surface area contributed by atoms with Gasteiger partial charge in [0.25, 0.3) is 5.91 Å². The van der Waals surface area contributed by atoms with E-state index >= 15 is 8.78 Å². The van der Waals surface area contributed by atoms with E-state index in [4.69, 9.17) is 0 Å². The molecule has 0 bridgehead atoms. The third-order valence-electron chi connectivity index (χ3n) is 7.20. The van der Waals surface area contributed by atoms with E-state index in [-0.39, 0.29) is 42.4 Å². The molecule has 254 valence electrons. The molecule has 1 unspecified atom stereocenters. The number of carbonyl (C=O) groups excluding carboxylic acids is 4. The number of imide groups is 1. The number of urea groups is 1. The number of aliphatic carboxylic acids is 1. The lowest BCUT2D eigenvalue weighted by Crippen LogP contribution is -2.51. The van der Waals surface area contributed by atoms with Crippen LogP contribution in [0.1, 0.15) is 43.1 Å². The number of rotatable bonds is 10. The summed E-state index contributed by atoms with van der Waals surface area (Å²) in [6.07, 6.45) is 0.952. The van der Waals surface area contributed by atoms with Gasteiger partial charge in [0, 0.05) is 49.8 Å². The van der Waals surface area contributed by atoms with Crippen LogP contribution in [0, 0.1) is 17.0 Å². The first-order chi connectivity index (χ1) is 22.5. The molecule has 0 radical (unpaired) electrons. The minimum absolute atomic E-state index is 0.0187. The van der Waals surface area contributed by atoms with E-state index in [0.717, 1.165) is 4.90 Å². The summed E-state index contributed by atoms with van der Waals surface area (Å²) in [5, 5.41) is 14.5. The molecular formula is C31H31F2N6O8S-. The van der Waals surface area contributed by atoms with Crippen molar-refractivity contribution in [2.24, 2.45) is 5.41 Å². The van der Waals surface area contributed by atoms with Crippen molar-refractivity contribution in [3.63, 3.8) is 0 Å². The van der Waals surface area contributed by atoms with Crippen LogP contribution >= 0.6 is 0 Å². The van der Waals surface area contributed by atoms with E-state index in [1.54, 1.807) is 20.8 Å². The molecule has 3 N–H and O–H groups in total. The van der Waals surface area contributed by atoms with Crippen molar-refractivity contribution < 1.29 is 46.6 Å². The Labute approximate surface area is 276 Å². The van der Waals surface area contributed by atoms with Crippen molar-refractivity contribution in [3.8, 4) is 0 Å². The van der Waals surface area contributed by atoms with E-state index in [1.807, 2.05) is 0 Å². The van der Waals surface area contributed by atoms with Gasteiger partial charge in [-0.15, -0.1) is 0 Å². The van der Waals surface area contributed by atoms with E-state index in [1.165, 1.54) is 54.5 Å². The number of halogens is 2. The predicted octanol–water partition coefficient (Wildman–Crippen LogP) is 3.49. The average molecular weight is 686 g/mol. The van der Waals surface area contributed by atoms with Crippen LogP contribution in [0.5, 0.6) is 0 Å². The number of carboxylic acid groups (broad SMARTS) is 1. The van der Waals surface area contributed by atoms with Crippen molar-refractivity contribution in [1.82, 2.24) is 15.2 Å². The zero-order valence-corrected chi connectivity index (χ0v) is 27.0. The summed E-state index contributed by atoms with van der Waals surface area (Å²) in [5.74, 6) is -6.21. The van der Waals surface area contributed by atoms with Crippen LogP contribution in [0.2, 0.25) is 0 Å². The lowest BCUT2D eigenvalue weighted by atomic mass is 9.95. The van der Waals surface area contributed by atoms with Crippen LogP contribution in [0.15, 0.2) is 54.7 Å². The fraction of sp³-hybridized carbons (Fsp3) is 0.290. The van der Waals surface area contributed by atoms with E-state index < -0.39 is 69.4 Å². The van der Waals surface area contributed by atoms with Gasteiger partial charge in [0.15, 0.2) is 0 Å². The molecule has 1 fully saturated rings. The molecule has 4 rings (SSSR count). The highest BCUT2D eigenvalue weighted by Crippen LogP contribution is 2.32. The van der Waals surface area contributed by atoms with Gasteiger partial charge >= 0.3 is 12.0 Å². The average Bonchev–Trinajstić information content (AvgIpc) is 3.01. The van der Waals surface area contributed by atoms with E-state index in [2.05, 4.69) is 15.6 Å². The maximum Gasteiger partial charge on any atom is 0.332 e. The molecule has 0 spiro atoms. The molecule has 2 aromatic carbocycles. The second-order valence-corrected chi connectivity index (χ2v) is 12.6. The summed E-state index contributed by atoms with van der Waals surface area (Å²) in [5.41, 5.74) is -1.87. The largest absolute Gasteiger partial charge is 0.755 e. The van der Waals surface area contributed by atoms with Gasteiger partial charge < -0.3 is 25.2 Å². The molecule has 1 aliphatic rings. The Morgan fingerprint density at radius 3 is 2.31 bits per heavy atom. The number of hydrogen-bond acceptors (Lipinski definition) is 8. The third-order valence-corrected chi connectivity index (χ3v) is 7.91. The van der Waals surface area contributed by atoms with Crippen LogP contribution in [-0.2, 0) is 32.1 Å². The number of pyridine rings is 1. The van der Waals surface area contributed by atoms with Crippen LogP contribution in [0.25, 0.3) is 0 Å². The normalized spacial score (nSPS) is 14.7. The number of carbonyl (C=O) groups is 5. The predicted molar refractivity (Wildman–Crippen MR) is 169 cm³/mol. The first-order valence-corrected chi connectivity index (χ1v) is 15.4. The summed E-state index contributed by atoms with van der Waals surface area (Å²) in [7, 11) is 1.52. The Morgan fingerprint density at radius 2 is 1.75 bits per heavy atom. The SMILES string of the molecule is CN1CCC(=O)N(c2ccc(C[C@H](NC(=O)c3cc(F)c(N(c4ccc(NC(=O)C(C)(C)C)cc4)S(=O)[O-])cc3F)C(=O)O)cn2)C1=O. The van der Waals surface area contributed by atoms with Crippen LogP contribution in [-0.4, -0.2) is 73.1 Å². The minimum atomic E-state index is -3.16.